The zero-order valence-electron chi connectivity index (χ0n) is 12.1. The van der Waals surface area contributed by atoms with Crippen LogP contribution in [0.15, 0.2) is 36.4 Å². The Hall–Kier alpha value is -2.43. The van der Waals surface area contributed by atoms with Crippen LogP contribution in [-0.4, -0.2) is 13.2 Å². The van der Waals surface area contributed by atoms with Gasteiger partial charge in [-0.15, -0.1) is 0 Å². The Bertz CT molecular complexity index is 616. The van der Waals surface area contributed by atoms with Gasteiger partial charge in [0.2, 0.25) is 0 Å². The lowest BCUT2D eigenvalue weighted by molar-refractivity contribution is 0.314. The summed E-state index contributed by atoms with van der Waals surface area (Å²) in [6.07, 6.45) is 0. The molecule has 2 aromatic rings. The average molecular weight is 291 g/mol. The normalized spacial score (nSPS) is 10.2. The molecule has 0 unspecified atom stereocenters. The third-order valence-corrected chi connectivity index (χ3v) is 2.73. The first-order valence-electron chi connectivity index (χ1n) is 6.77. The van der Waals surface area contributed by atoms with Crippen molar-refractivity contribution in [3.05, 3.63) is 42.2 Å². The van der Waals surface area contributed by atoms with E-state index in [0.29, 0.717) is 30.5 Å². The van der Waals surface area contributed by atoms with E-state index in [0.717, 1.165) is 0 Å². The van der Waals surface area contributed by atoms with Crippen molar-refractivity contribution in [2.24, 2.45) is 0 Å². The van der Waals surface area contributed by atoms with Crippen molar-refractivity contribution >= 4 is 5.69 Å². The van der Waals surface area contributed by atoms with E-state index < -0.39 is 5.82 Å². The molecule has 4 nitrogen and oxygen atoms in total. The molecule has 0 radical (unpaired) electrons. The van der Waals surface area contributed by atoms with Gasteiger partial charge in [0.15, 0.2) is 28.8 Å². The number of hydrogen-bond donors (Lipinski definition) is 1. The number of halogens is 1. The van der Waals surface area contributed by atoms with Crippen molar-refractivity contribution < 1.29 is 18.6 Å². The molecule has 0 aliphatic heterocycles. The molecule has 0 saturated carbocycles. The predicted octanol–water partition coefficient (Wildman–Crippen LogP) is 4.00. The Morgan fingerprint density at radius 1 is 0.905 bits per heavy atom. The number of ether oxygens (including phenoxy) is 3. The Labute approximate surface area is 123 Å². The smallest absolute Gasteiger partial charge is 0.169 e. The Morgan fingerprint density at radius 2 is 1.52 bits per heavy atom. The van der Waals surface area contributed by atoms with Gasteiger partial charge < -0.3 is 19.9 Å². The van der Waals surface area contributed by atoms with Gasteiger partial charge in [0.05, 0.1) is 18.9 Å². The minimum atomic E-state index is -0.514. The van der Waals surface area contributed by atoms with Gasteiger partial charge in [-0.25, -0.2) is 4.39 Å². The monoisotopic (exact) mass is 291 g/mol. The van der Waals surface area contributed by atoms with Gasteiger partial charge in [0.25, 0.3) is 0 Å². The summed E-state index contributed by atoms with van der Waals surface area (Å²) in [6, 6.07) is 9.84. The van der Waals surface area contributed by atoms with Crippen LogP contribution in [-0.2, 0) is 0 Å². The standard InChI is InChI=1S/C16H18FNO3/c1-3-19-13-7-5-6-8-14(13)21-16-10-15(20-4-2)11(17)9-12(16)18/h5-10H,3-4,18H2,1-2H3. The molecule has 0 bridgehead atoms. The fourth-order valence-corrected chi connectivity index (χ4v) is 1.83. The second-order valence-electron chi connectivity index (χ2n) is 4.24. The summed E-state index contributed by atoms with van der Waals surface area (Å²) >= 11 is 0. The van der Waals surface area contributed by atoms with Crippen molar-refractivity contribution in [2.75, 3.05) is 18.9 Å². The quantitative estimate of drug-likeness (QED) is 0.817. The van der Waals surface area contributed by atoms with Gasteiger partial charge in [-0.05, 0) is 26.0 Å². The number of benzene rings is 2. The van der Waals surface area contributed by atoms with Crippen LogP contribution in [0.4, 0.5) is 10.1 Å². The summed E-state index contributed by atoms with van der Waals surface area (Å²) in [5, 5.41) is 0. The third kappa shape index (κ3) is 3.56. The van der Waals surface area contributed by atoms with Crippen LogP contribution in [0.1, 0.15) is 13.8 Å². The zero-order valence-corrected chi connectivity index (χ0v) is 12.1. The van der Waals surface area contributed by atoms with E-state index in [9.17, 15) is 4.39 Å². The van der Waals surface area contributed by atoms with Crippen molar-refractivity contribution in [1.82, 2.24) is 0 Å². The van der Waals surface area contributed by atoms with Gasteiger partial charge in [-0.3, -0.25) is 0 Å². The number of rotatable bonds is 6. The van der Waals surface area contributed by atoms with Crippen LogP contribution in [0.5, 0.6) is 23.0 Å². The fourth-order valence-electron chi connectivity index (χ4n) is 1.83. The molecule has 0 fully saturated rings. The van der Waals surface area contributed by atoms with Crippen LogP contribution < -0.4 is 19.9 Å². The molecular weight excluding hydrogens is 273 g/mol. The number of hydrogen-bond acceptors (Lipinski definition) is 4. The molecule has 0 aliphatic rings. The highest BCUT2D eigenvalue weighted by Gasteiger charge is 2.12. The van der Waals surface area contributed by atoms with Gasteiger partial charge in [-0.2, -0.15) is 0 Å². The van der Waals surface area contributed by atoms with Crippen LogP contribution in [0.25, 0.3) is 0 Å². The van der Waals surface area contributed by atoms with Gasteiger partial charge >= 0.3 is 0 Å². The first kappa shape index (κ1) is 15.0. The predicted molar refractivity (Wildman–Crippen MR) is 79.7 cm³/mol. The highest BCUT2D eigenvalue weighted by atomic mass is 19.1. The molecular formula is C16H18FNO3. The lowest BCUT2D eigenvalue weighted by Crippen LogP contribution is -2.00. The molecule has 0 heterocycles. The third-order valence-electron chi connectivity index (χ3n) is 2.73. The maximum Gasteiger partial charge on any atom is 0.169 e. The summed E-state index contributed by atoms with van der Waals surface area (Å²) in [5.41, 5.74) is 5.99. The number of nitrogen functional groups attached to an aromatic ring is 1. The molecule has 0 aliphatic carbocycles. The zero-order chi connectivity index (χ0) is 15.2. The molecule has 2 aromatic carbocycles. The van der Waals surface area contributed by atoms with Crippen molar-refractivity contribution in [3.8, 4) is 23.0 Å². The highest BCUT2D eigenvalue weighted by molar-refractivity contribution is 5.58. The second-order valence-corrected chi connectivity index (χ2v) is 4.24. The molecule has 0 saturated heterocycles. The molecule has 0 aromatic heterocycles. The van der Waals surface area contributed by atoms with Crippen molar-refractivity contribution in [1.29, 1.82) is 0 Å². The van der Waals surface area contributed by atoms with Gasteiger partial charge in [-0.1, -0.05) is 12.1 Å². The van der Waals surface area contributed by atoms with E-state index in [1.807, 2.05) is 19.1 Å². The summed E-state index contributed by atoms with van der Waals surface area (Å²) in [4.78, 5) is 0. The molecule has 0 spiro atoms. The molecule has 5 heteroatoms. The molecule has 2 N–H and O–H groups in total. The first-order valence-corrected chi connectivity index (χ1v) is 6.77. The summed E-state index contributed by atoms with van der Waals surface area (Å²) in [6.45, 7) is 4.54. The van der Waals surface area contributed by atoms with E-state index in [1.165, 1.54) is 12.1 Å². The van der Waals surface area contributed by atoms with E-state index >= 15 is 0 Å². The van der Waals surface area contributed by atoms with E-state index in [2.05, 4.69) is 0 Å². The van der Waals surface area contributed by atoms with E-state index in [4.69, 9.17) is 19.9 Å². The van der Waals surface area contributed by atoms with Crippen molar-refractivity contribution in [3.63, 3.8) is 0 Å². The first-order chi connectivity index (χ1) is 10.2. The molecule has 0 atom stereocenters. The maximum atomic E-state index is 13.7. The SMILES string of the molecule is CCOc1cc(Oc2ccccc2OCC)c(N)cc1F. The fraction of sp³-hybridized carbons (Fsp3) is 0.250. The minimum Gasteiger partial charge on any atom is -0.491 e. The topological polar surface area (TPSA) is 53.7 Å². The van der Waals surface area contributed by atoms with Crippen LogP contribution in [0.3, 0.4) is 0 Å². The molecule has 2 rings (SSSR count). The maximum absolute atomic E-state index is 13.7. The second kappa shape index (κ2) is 6.83. The Balaban J connectivity index is 2.33. The molecule has 0 amide bonds. The summed E-state index contributed by atoms with van der Waals surface area (Å²) in [7, 11) is 0. The van der Waals surface area contributed by atoms with Gasteiger partial charge in [0.1, 0.15) is 0 Å². The molecule has 112 valence electrons. The lowest BCUT2D eigenvalue weighted by atomic mass is 10.2. The Morgan fingerprint density at radius 3 is 2.19 bits per heavy atom. The lowest BCUT2D eigenvalue weighted by Gasteiger charge is -2.14. The number of anilines is 1. The van der Waals surface area contributed by atoms with Crippen LogP contribution >= 0.6 is 0 Å². The largest absolute Gasteiger partial charge is 0.491 e. The van der Waals surface area contributed by atoms with Crippen LogP contribution in [0.2, 0.25) is 0 Å². The highest BCUT2D eigenvalue weighted by Crippen LogP contribution is 2.37. The Kier molecular flexibility index (Phi) is 4.87. The van der Waals surface area contributed by atoms with E-state index in [1.54, 1.807) is 19.1 Å². The molecule has 21 heavy (non-hydrogen) atoms. The minimum absolute atomic E-state index is 0.107. The average Bonchev–Trinajstić information content (AvgIpc) is 2.46. The van der Waals surface area contributed by atoms with E-state index in [-0.39, 0.29) is 11.4 Å². The van der Waals surface area contributed by atoms with Crippen molar-refractivity contribution in [2.45, 2.75) is 13.8 Å². The summed E-state index contributed by atoms with van der Waals surface area (Å²) in [5.74, 6) is 1.03. The number of nitrogens with two attached hydrogens (primary N) is 1. The van der Waals surface area contributed by atoms with Crippen LogP contribution in [0, 0.1) is 5.82 Å². The van der Waals surface area contributed by atoms with Gasteiger partial charge in [0, 0.05) is 12.1 Å². The number of para-hydroxylation sites is 2. The summed E-state index contributed by atoms with van der Waals surface area (Å²) < 4.78 is 30.1.